The van der Waals surface area contributed by atoms with Crippen LogP contribution in [0.3, 0.4) is 0 Å². The van der Waals surface area contributed by atoms with Gasteiger partial charge in [-0.2, -0.15) is 5.10 Å². The molecular formula is C19H15ClFN5O2. The van der Waals surface area contributed by atoms with Crippen LogP contribution in [0.25, 0.3) is 11.0 Å². The minimum absolute atomic E-state index is 0.0656. The number of amides is 1. The Morgan fingerprint density at radius 2 is 2.21 bits per heavy atom. The maximum Gasteiger partial charge on any atom is 0.273 e. The summed E-state index contributed by atoms with van der Waals surface area (Å²) in [7, 11) is 1.64. The average molecular weight is 400 g/mol. The van der Waals surface area contributed by atoms with Crippen molar-refractivity contribution in [3.63, 3.8) is 0 Å². The van der Waals surface area contributed by atoms with E-state index in [0.717, 1.165) is 5.69 Å². The van der Waals surface area contributed by atoms with Crippen molar-refractivity contribution in [1.82, 2.24) is 24.6 Å². The summed E-state index contributed by atoms with van der Waals surface area (Å²) >= 11 is 5.95. The lowest BCUT2D eigenvalue weighted by Gasteiger charge is -2.33. The van der Waals surface area contributed by atoms with E-state index in [4.69, 9.17) is 16.0 Å². The van der Waals surface area contributed by atoms with Gasteiger partial charge in [0.05, 0.1) is 17.4 Å². The smallest absolute Gasteiger partial charge is 0.273 e. The van der Waals surface area contributed by atoms with Crippen LogP contribution in [0.2, 0.25) is 5.15 Å². The van der Waals surface area contributed by atoms with Crippen LogP contribution in [0.15, 0.2) is 41.1 Å². The molecule has 7 nitrogen and oxygen atoms in total. The molecule has 1 aliphatic heterocycles. The molecule has 3 aromatic heterocycles. The third-order valence-corrected chi connectivity index (χ3v) is 5.25. The summed E-state index contributed by atoms with van der Waals surface area (Å²) in [5, 5.41) is 4.62. The fraction of sp³-hybridized carbons (Fsp3) is 0.211. The zero-order chi connectivity index (χ0) is 19.4. The van der Waals surface area contributed by atoms with Gasteiger partial charge >= 0.3 is 0 Å². The van der Waals surface area contributed by atoms with Crippen molar-refractivity contribution in [3.05, 3.63) is 70.5 Å². The van der Waals surface area contributed by atoms with E-state index in [0.29, 0.717) is 35.3 Å². The number of aryl methyl sites for hydroxylation is 1. The summed E-state index contributed by atoms with van der Waals surface area (Å²) in [6.45, 7) is 0.373. The Labute approximate surface area is 163 Å². The highest BCUT2D eigenvalue weighted by atomic mass is 35.5. The Bertz CT molecular complexity index is 1210. The van der Waals surface area contributed by atoms with Gasteiger partial charge < -0.3 is 14.3 Å². The van der Waals surface area contributed by atoms with Gasteiger partial charge in [-0.05, 0) is 12.1 Å². The maximum absolute atomic E-state index is 15.2. The normalized spacial score (nSPS) is 16.5. The molecule has 1 N–H and O–H groups in total. The number of para-hydroxylation sites is 1. The van der Waals surface area contributed by atoms with Gasteiger partial charge in [-0.15, -0.1) is 0 Å². The second-order valence-electron chi connectivity index (χ2n) is 6.67. The summed E-state index contributed by atoms with van der Waals surface area (Å²) in [4.78, 5) is 22.3. The van der Waals surface area contributed by atoms with E-state index in [9.17, 15) is 4.79 Å². The van der Waals surface area contributed by atoms with Crippen LogP contribution in [0.4, 0.5) is 4.39 Å². The predicted molar refractivity (Wildman–Crippen MR) is 99.6 cm³/mol. The maximum atomic E-state index is 15.2. The van der Waals surface area contributed by atoms with Crippen LogP contribution in [0.1, 0.15) is 33.7 Å². The van der Waals surface area contributed by atoms with Crippen LogP contribution in [0, 0.1) is 5.82 Å². The summed E-state index contributed by atoms with van der Waals surface area (Å²) in [5.41, 5.74) is 2.17. The van der Waals surface area contributed by atoms with E-state index in [1.165, 1.54) is 10.7 Å². The highest BCUT2D eigenvalue weighted by Gasteiger charge is 2.39. The van der Waals surface area contributed by atoms with Crippen molar-refractivity contribution >= 4 is 28.5 Å². The number of halogens is 2. The number of fused-ring (bicyclic) bond motifs is 2. The minimum Gasteiger partial charge on any atom is -0.455 e. The number of carbonyl (C=O) groups is 1. The molecule has 1 amide bonds. The topological polar surface area (TPSA) is 80.0 Å². The van der Waals surface area contributed by atoms with Gasteiger partial charge in [0.2, 0.25) is 0 Å². The molecule has 0 unspecified atom stereocenters. The lowest BCUT2D eigenvalue weighted by Crippen LogP contribution is -2.41. The number of furan rings is 1. The first-order chi connectivity index (χ1) is 13.5. The van der Waals surface area contributed by atoms with Crippen molar-refractivity contribution in [2.24, 2.45) is 7.05 Å². The van der Waals surface area contributed by atoms with Crippen molar-refractivity contribution in [1.29, 1.82) is 0 Å². The number of nitrogens with one attached hydrogen (secondary N) is 1. The molecule has 9 heteroatoms. The Balaban J connectivity index is 1.67. The van der Waals surface area contributed by atoms with Crippen LogP contribution < -0.4 is 0 Å². The van der Waals surface area contributed by atoms with Gasteiger partial charge in [0, 0.05) is 31.8 Å². The number of hydrogen-bond acceptors (Lipinski definition) is 4. The molecule has 4 heterocycles. The molecule has 0 saturated heterocycles. The van der Waals surface area contributed by atoms with E-state index in [2.05, 4.69) is 15.1 Å². The second kappa shape index (κ2) is 6.20. The largest absolute Gasteiger partial charge is 0.455 e. The summed E-state index contributed by atoms with van der Waals surface area (Å²) in [5.74, 6) is -0.742. The van der Waals surface area contributed by atoms with E-state index < -0.39 is 11.9 Å². The minimum atomic E-state index is -0.788. The first-order valence-corrected chi connectivity index (χ1v) is 9.12. The summed E-state index contributed by atoms with van der Waals surface area (Å²) in [6, 6.07) is 7.57. The number of nitrogens with zero attached hydrogens (tertiary/aromatic N) is 4. The van der Waals surface area contributed by atoms with E-state index in [1.807, 2.05) is 0 Å². The number of carbonyl (C=O) groups excluding carboxylic acids is 1. The number of hydrogen-bond donors (Lipinski definition) is 1. The SMILES string of the molecule is Cn1nc(Cl)cc1C(=O)N1CCc2[nH]cnc2[C@@H]1c1oc2ccccc2c1F. The Morgan fingerprint density at radius 1 is 1.39 bits per heavy atom. The lowest BCUT2D eigenvalue weighted by molar-refractivity contribution is 0.0657. The molecule has 142 valence electrons. The van der Waals surface area contributed by atoms with Crippen LogP contribution in [-0.2, 0) is 13.5 Å². The summed E-state index contributed by atoms with van der Waals surface area (Å²) < 4.78 is 22.5. The molecule has 28 heavy (non-hydrogen) atoms. The van der Waals surface area contributed by atoms with Crippen LogP contribution in [0.5, 0.6) is 0 Å². The van der Waals surface area contributed by atoms with Crippen LogP contribution in [-0.4, -0.2) is 37.1 Å². The molecule has 4 aromatic rings. The Kier molecular flexibility index (Phi) is 3.77. The summed E-state index contributed by atoms with van der Waals surface area (Å²) in [6.07, 6.45) is 2.12. The second-order valence-corrected chi connectivity index (χ2v) is 7.06. The quantitative estimate of drug-likeness (QED) is 0.559. The number of aromatic nitrogens is 4. The Morgan fingerprint density at radius 3 is 2.96 bits per heavy atom. The number of aromatic amines is 1. The molecule has 1 aliphatic rings. The molecule has 5 rings (SSSR count). The molecule has 1 aromatic carbocycles. The predicted octanol–water partition coefficient (Wildman–Crippen LogP) is 3.47. The lowest BCUT2D eigenvalue weighted by atomic mass is 9.99. The third-order valence-electron chi connectivity index (χ3n) is 5.06. The molecular weight excluding hydrogens is 385 g/mol. The fourth-order valence-corrected chi connectivity index (χ4v) is 3.97. The number of H-pyrrole nitrogens is 1. The third kappa shape index (κ3) is 2.45. The van der Waals surface area contributed by atoms with Crippen molar-refractivity contribution in [3.8, 4) is 0 Å². The highest BCUT2D eigenvalue weighted by molar-refractivity contribution is 6.29. The molecule has 1 atom stereocenters. The first-order valence-electron chi connectivity index (χ1n) is 8.74. The van der Waals surface area contributed by atoms with Gasteiger partial charge in [0.25, 0.3) is 5.91 Å². The Hall–Kier alpha value is -3.13. The number of rotatable bonds is 2. The van der Waals surface area contributed by atoms with Gasteiger partial charge in [-0.25, -0.2) is 9.37 Å². The molecule has 0 spiro atoms. The van der Waals surface area contributed by atoms with Gasteiger partial charge in [-0.3, -0.25) is 9.48 Å². The van der Waals surface area contributed by atoms with Gasteiger partial charge in [0.15, 0.2) is 16.7 Å². The molecule has 0 aliphatic carbocycles. The van der Waals surface area contributed by atoms with E-state index >= 15 is 4.39 Å². The molecule has 0 radical (unpaired) electrons. The van der Waals surface area contributed by atoms with Crippen molar-refractivity contribution in [2.45, 2.75) is 12.5 Å². The van der Waals surface area contributed by atoms with Crippen LogP contribution >= 0.6 is 11.6 Å². The van der Waals surface area contributed by atoms with E-state index in [-0.39, 0.29) is 16.8 Å². The molecule has 0 fully saturated rings. The molecule has 0 saturated carbocycles. The first kappa shape index (κ1) is 17.0. The molecule has 0 bridgehead atoms. The zero-order valence-corrected chi connectivity index (χ0v) is 15.6. The standard InChI is InChI=1S/C19H15ClFN5O2/c1-25-12(8-14(20)24-25)19(27)26-7-6-11-16(23-9-22-11)17(26)18-15(21)10-4-2-3-5-13(10)28-18/h2-5,8-9,17H,6-7H2,1H3,(H,22,23)/t17-/m1/s1. The zero-order valence-electron chi connectivity index (χ0n) is 14.8. The van der Waals surface area contributed by atoms with Gasteiger partial charge in [0.1, 0.15) is 17.3 Å². The fourth-order valence-electron chi connectivity index (χ4n) is 3.75. The monoisotopic (exact) mass is 399 g/mol. The van der Waals surface area contributed by atoms with Gasteiger partial charge in [-0.1, -0.05) is 23.7 Å². The number of benzene rings is 1. The van der Waals surface area contributed by atoms with E-state index in [1.54, 1.807) is 42.5 Å². The number of imidazole rings is 1. The van der Waals surface area contributed by atoms with Crippen molar-refractivity contribution in [2.75, 3.05) is 6.54 Å². The van der Waals surface area contributed by atoms with Crippen molar-refractivity contribution < 1.29 is 13.6 Å². The highest BCUT2D eigenvalue weighted by Crippen LogP contribution is 2.39. The average Bonchev–Trinajstić information content (AvgIpc) is 3.38.